The number of halogens is 2. The van der Waals surface area contributed by atoms with Crippen LogP contribution in [0.2, 0.25) is 0 Å². The van der Waals surface area contributed by atoms with Crippen LogP contribution < -0.4 is 28.4 Å². The van der Waals surface area contributed by atoms with Crippen LogP contribution in [0, 0.1) is 23.5 Å². The van der Waals surface area contributed by atoms with Crippen molar-refractivity contribution in [1.29, 1.82) is 0 Å². The number of unbranched alkanes of at least 4 members (excludes halogenated alkanes) is 3. The Morgan fingerprint density at radius 2 is 0.944 bits per heavy atom. The van der Waals surface area contributed by atoms with Gasteiger partial charge in [0.15, 0.2) is 23.0 Å². The van der Waals surface area contributed by atoms with Crippen LogP contribution in [0.15, 0.2) is 84.9 Å². The van der Waals surface area contributed by atoms with Gasteiger partial charge in [-0.05, 0) is 123 Å². The molecule has 4 atom stereocenters. The second kappa shape index (κ2) is 17.3. The van der Waals surface area contributed by atoms with Gasteiger partial charge in [-0.25, -0.2) is 8.78 Å². The van der Waals surface area contributed by atoms with Crippen LogP contribution in [0.25, 0.3) is 0 Å². The summed E-state index contributed by atoms with van der Waals surface area (Å²) in [5.41, 5.74) is 2.36. The number of nitrogens with zero attached hydrogens (tertiary/aromatic N) is 2. The van der Waals surface area contributed by atoms with Gasteiger partial charge in [0.05, 0.1) is 13.2 Å². The van der Waals surface area contributed by atoms with E-state index in [2.05, 4.69) is 9.80 Å². The van der Waals surface area contributed by atoms with Gasteiger partial charge in [0, 0.05) is 37.1 Å². The number of benzene rings is 4. The molecule has 4 aromatic carbocycles. The Bertz CT molecular complexity index is 1690. The monoisotopic (exact) mass is 740 g/mol. The van der Waals surface area contributed by atoms with Gasteiger partial charge in [-0.3, -0.25) is 0 Å². The van der Waals surface area contributed by atoms with Gasteiger partial charge in [-0.1, -0.05) is 37.1 Å². The molecule has 0 saturated carbocycles. The zero-order chi connectivity index (χ0) is 36.7. The number of ether oxygens (including phenoxy) is 6. The summed E-state index contributed by atoms with van der Waals surface area (Å²) in [6, 6.07) is 25.5. The van der Waals surface area contributed by atoms with Crippen molar-refractivity contribution in [3.05, 3.63) is 108 Å². The molecule has 286 valence electrons. The van der Waals surface area contributed by atoms with Crippen LogP contribution in [-0.4, -0.2) is 75.9 Å². The minimum Gasteiger partial charge on any atom is -0.493 e. The molecule has 8 rings (SSSR count). The summed E-state index contributed by atoms with van der Waals surface area (Å²) in [6.45, 7) is 7.73. The van der Waals surface area contributed by atoms with Gasteiger partial charge < -0.3 is 38.2 Å². The molecule has 4 heterocycles. The maximum Gasteiger partial charge on any atom is 0.231 e. The summed E-state index contributed by atoms with van der Waals surface area (Å²) in [5, 5.41) is 0. The Labute approximate surface area is 316 Å². The van der Waals surface area contributed by atoms with Crippen LogP contribution in [0.1, 0.15) is 61.5 Å². The van der Waals surface area contributed by atoms with E-state index in [0.717, 1.165) is 87.9 Å². The first-order valence-corrected chi connectivity index (χ1v) is 19.5. The van der Waals surface area contributed by atoms with E-state index in [9.17, 15) is 8.78 Å². The first kappa shape index (κ1) is 36.4. The van der Waals surface area contributed by atoms with Crippen LogP contribution in [0.5, 0.6) is 34.5 Å². The molecule has 0 spiro atoms. The van der Waals surface area contributed by atoms with Crippen LogP contribution in [0.3, 0.4) is 0 Å². The van der Waals surface area contributed by atoms with E-state index >= 15 is 0 Å². The summed E-state index contributed by atoms with van der Waals surface area (Å²) in [5.74, 6) is 5.27. The van der Waals surface area contributed by atoms with E-state index < -0.39 is 0 Å². The first-order valence-electron chi connectivity index (χ1n) is 19.5. The predicted molar refractivity (Wildman–Crippen MR) is 202 cm³/mol. The highest BCUT2D eigenvalue weighted by Gasteiger charge is 2.32. The van der Waals surface area contributed by atoms with Crippen molar-refractivity contribution in [2.45, 2.75) is 50.4 Å². The van der Waals surface area contributed by atoms with E-state index in [4.69, 9.17) is 28.4 Å². The lowest BCUT2D eigenvalue weighted by atomic mass is 9.80. The van der Waals surface area contributed by atoms with Gasteiger partial charge in [-0.2, -0.15) is 0 Å². The normalized spacial score (nSPS) is 22.3. The summed E-state index contributed by atoms with van der Waals surface area (Å²) >= 11 is 0. The molecule has 2 saturated heterocycles. The zero-order valence-electron chi connectivity index (χ0n) is 30.8. The van der Waals surface area contributed by atoms with Gasteiger partial charge in [0.25, 0.3) is 0 Å². The summed E-state index contributed by atoms with van der Waals surface area (Å²) in [6.07, 6.45) is 6.76. The van der Waals surface area contributed by atoms with Gasteiger partial charge >= 0.3 is 0 Å². The number of fused-ring (bicyclic) bond motifs is 2. The Morgan fingerprint density at radius 3 is 1.39 bits per heavy atom. The minimum absolute atomic E-state index is 0.203. The van der Waals surface area contributed by atoms with Crippen molar-refractivity contribution >= 4 is 0 Å². The third-order valence-electron chi connectivity index (χ3n) is 11.5. The van der Waals surface area contributed by atoms with Crippen molar-refractivity contribution in [2.75, 3.05) is 66.1 Å². The summed E-state index contributed by atoms with van der Waals surface area (Å²) in [7, 11) is 0. The number of piperidine rings is 2. The number of hydrogen-bond acceptors (Lipinski definition) is 8. The van der Waals surface area contributed by atoms with E-state index in [1.54, 1.807) is 24.3 Å². The molecule has 0 radical (unpaired) electrons. The van der Waals surface area contributed by atoms with Crippen molar-refractivity contribution in [3.8, 4) is 34.5 Å². The highest BCUT2D eigenvalue weighted by Crippen LogP contribution is 2.39. The molecule has 54 heavy (non-hydrogen) atoms. The molecule has 0 bridgehead atoms. The first-order chi connectivity index (χ1) is 26.5. The molecule has 4 aromatic rings. The zero-order valence-corrected chi connectivity index (χ0v) is 30.8. The Kier molecular flexibility index (Phi) is 11.7. The molecule has 4 aliphatic rings. The Hall–Kier alpha value is -4.54. The lowest BCUT2D eigenvalue weighted by Gasteiger charge is -2.39. The van der Waals surface area contributed by atoms with E-state index in [0.29, 0.717) is 36.5 Å². The Balaban J connectivity index is 0.802. The largest absolute Gasteiger partial charge is 0.493 e. The third-order valence-corrected chi connectivity index (χ3v) is 11.5. The third kappa shape index (κ3) is 9.04. The van der Waals surface area contributed by atoms with Crippen LogP contribution in [-0.2, 0) is 0 Å². The Morgan fingerprint density at radius 1 is 0.519 bits per heavy atom. The lowest BCUT2D eigenvalue weighted by Crippen LogP contribution is -2.42. The summed E-state index contributed by atoms with van der Waals surface area (Å²) in [4.78, 5) is 5.16. The van der Waals surface area contributed by atoms with Gasteiger partial charge in [0.2, 0.25) is 13.6 Å². The van der Waals surface area contributed by atoms with Gasteiger partial charge in [-0.15, -0.1) is 0 Å². The summed E-state index contributed by atoms with van der Waals surface area (Å²) < 4.78 is 62.2. The minimum atomic E-state index is -0.203. The maximum atomic E-state index is 13.8. The fraction of sp³-hybridized carbons (Fsp3) is 0.455. The van der Waals surface area contributed by atoms with Gasteiger partial charge in [0.1, 0.15) is 23.1 Å². The predicted octanol–water partition coefficient (Wildman–Crippen LogP) is 8.65. The molecule has 2 fully saturated rings. The molecule has 8 nitrogen and oxygen atoms in total. The molecule has 0 N–H and O–H groups in total. The lowest BCUT2D eigenvalue weighted by molar-refractivity contribution is 0.106. The molecule has 0 aliphatic carbocycles. The molecular weight excluding hydrogens is 690 g/mol. The smallest absolute Gasteiger partial charge is 0.231 e. The quantitative estimate of drug-likeness (QED) is 0.112. The van der Waals surface area contributed by atoms with E-state index in [-0.39, 0.29) is 37.1 Å². The molecular formula is C44H50F2N2O6. The standard InChI is InChI=1S/C44H50F2N2O6/c45-35-9-5-31(6-10-35)39-17-21-47(25-33(39)27-49-37-13-15-41-43(23-37)53-29-51-41)19-3-1-2-4-20-48-22-18-40(32-7-11-36(46)12-8-32)34(26-48)28-50-38-14-16-42-44(24-38)54-30-52-42/h5-16,23-24,33-34,39-40H,1-4,17-22,25-30H2/t33-,34-,39?,40?/m0/s1. The van der Waals surface area contributed by atoms with Crippen LogP contribution >= 0.6 is 0 Å². The fourth-order valence-corrected chi connectivity index (χ4v) is 8.62. The molecule has 0 amide bonds. The average molecular weight is 741 g/mol. The fourth-order valence-electron chi connectivity index (χ4n) is 8.62. The molecule has 0 aromatic heterocycles. The highest BCUT2D eigenvalue weighted by molar-refractivity contribution is 5.47. The number of hydrogen-bond donors (Lipinski definition) is 0. The second-order valence-electron chi connectivity index (χ2n) is 15.1. The van der Waals surface area contributed by atoms with E-state index in [1.807, 2.05) is 60.7 Å². The number of likely N-dealkylation sites (tertiary alicyclic amines) is 2. The van der Waals surface area contributed by atoms with Crippen molar-refractivity contribution < 1.29 is 37.2 Å². The topological polar surface area (TPSA) is 61.9 Å². The van der Waals surface area contributed by atoms with Crippen molar-refractivity contribution in [1.82, 2.24) is 9.80 Å². The highest BCUT2D eigenvalue weighted by atomic mass is 19.1. The van der Waals surface area contributed by atoms with E-state index in [1.165, 1.54) is 24.0 Å². The van der Waals surface area contributed by atoms with Crippen LogP contribution in [0.4, 0.5) is 8.78 Å². The number of rotatable bonds is 15. The maximum absolute atomic E-state index is 13.8. The van der Waals surface area contributed by atoms with Crippen molar-refractivity contribution in [3.63, 3.8) is 0 Å². The molecule has 2 unspecified atom stereocenters. The average Bonchev–Trinajstić information content (AvgIpc) is 3.88. The second-order valence-corrected chi connectivity index (χ2v) is 15.1. The van der Waals surface area contributed by atoms with Crippen molar-refractivity contribution in [2.24, 2.45) is 11.8 Å². The SMILES string of the molecule is Fc1ccc(C2CCN(CCCCCCN3CCC(c4ccc(F)cc4)[C@H](COc4ccc5c(c4)OCO5)C3)C[C@H]2COc2ccc3c(c2)OCO3)cc1. The molecule has 10 heteroatoms. The molecule has 4 aliphatic heterocycles.